The van der Waals surface area contributed by atoms with Crippen LogP contribution in [0.25, 0.3) is 0 Å². The first-order valence-electron chi connectivity index (χ1n) is 4.39. The summed E-state index contributed by atoms with van der Waals surface area (Å²) in [7, 11) is -3.54. The molecule has 0 radical (unpaired) electrons. The fourth-order valence-electron chi connectivity index (χ4n) is 1.23. The van der Waals surface area contributed by atoms with Gasteiger partial charge in [0, 0.05) is 13.1 Å². The van der Waals surface area contributed by atoms with Gasteiger partial charge >= 0.3 is 10.2 Å². The highest BCUT2D eigenvalue weighted by atomic mass is 32.2. The summed E-state index contributed by atoms with van der Waals surface area (Å²) in [4.78, 5) is 3.68. The molecule has 0 aliphatic carbocycles. The molecule has 2 rings (SSSR count). The van der Waals surface area contributed by atoms with Gasteiger partial charge in [0.2, 0.25) is 5.95 Å². The van der Waals surface area contributed by atoms with E-state index >= 15 is 0 Å². The minimum atomic E-state index is -3.54. The molecule has 8 nitrogen and oxygen atoms in total. The minimum absolute atomic E-state index is 0.112. The second-order valence-electron chi connectivity index (χ2n) is 2.95. The number of aromatic amines is 1. The Kier molecular flexibility index (Phi) is 2.84. The van der Waals surface area contributed by atoms with E-state index in [0.29, 0.717) is 26.3 Å². The van der Waals surface area contributed by atoms with E-state index < -0.39 is 10.2 Å². The molecule has 1 fully saturated rings. The van der Waals surface area contributed by atoms with Crippen molar-refractivity contribution in [1.82, 2.24) is 19.5 Å². The van der Waals surface area contributed by atoms with Crippen LogP contribution in [0.3, 0.4) is 0 Å². The molecule has 1 aromatic rings. The quantitative estimate of drug-likeness (QED) is 0.682. The molecule has 0 bridgehead atoms. The smallest absolute Gasteiger partial charge is 0.304 e. The first-order valence-corrected chi connectivity index (χ1v) is 5.83. The van der Waals surface area contributed by atoms with Gasteiger partial charge in [-0.2, -0.15) is 22.8 Å². The molecule has 0 aromatic carbocycles. The molecule has 1 saturated heterocycles. The number of nitrogens with one attached hydrogen (secondary N) is 2. The van der Waals surface area contributed by atoms with Crippen molar-refractivity contribution < 1.29 is 13.2 Å². The highest BCUT2D eigenvalue weighted by Crippen LogP contribution is 2.07. The van der Waals surface area contributed by atoms with Crippen molar-refractivity contribution in [3.63, 3.8) is 0 Å². The third kappa shape index (κ3) is 2.43. The molecule has 0 saturated carbocycles. The summed E-state index contributed by atoms with van der Waals surface area (Å²) >= 11 is 0. The number of aromatic nitrogens is 3. The lowest BCUT2D eigenvalue weighted by molar-refractivity contribution is 0.0733. The van der Waals surface area contributed by atoms with Crippen LogP contribution in [-0.2, 0) is 14.9 Å². The summed E-state index contributed by atoms with van der Waals surface area (Å²) in [5, 5.41) is 5.97. The zero-order valence-electron chi connectivity index (χ0n) is 7.88. The maximum Gasteiger partial charge on any atom is 0.304 e. The van der Waals surface area contributed by atoms with Crippen LogP contribution in [0.4, 0.5) is 5.95 Å². The van der Waals surface area contributed by atoms with Gasteiger partial charge in [0.1, 0.15) is 6.33 Å². The maximum absolute atomic E-state index is 11.7. The minimum Gasteiger partial charge on any atom is -0.379 e. The average Bonchev–Trinajstić information content (AvgIpc) is 2.71. The lowest BCUT2D eigenvalue weighted by Crippen LogP contribution is -2.43. The molecule has 1 aliphatic heterocycles. The first-order chi connectivity index (χ1) is 7.18. The van der Waals surface area contributed by atoms with Gasteiger partial charge in [-0.05, 0) is 0 Å². The van der Waals surface area contributed by atoms with Gasteiger partial charge in [-0.3, -0.25) is 0 Å². The van der Waals surface area contributed by atoms with Crippen LogP contribution in [0.5, 0.6) is 0 Å². The molecule has 15 heavy (non-hydrogen) atoms. The highest BCUT2D eigenvalue weighted by Gasteiger charge is 2.24. The SMILES string of the molecule is O=S(=O)(Nc1ncn[nH]1)N1CCOCC1. The fraction of sp³-hybridized carbons (Fsp3) is 0.667. The number of anilines is 1. The number of morpholine rings is 1. The second-order valence-corrected chi connectivity index (χ2v) is 4.62. The Bertz CT molecular complexity index is 396. The standard InChI is InChI=1S/C6H11N5O3S/c12-15(13,10-6-7-5-8-9-6)11-1-3-14-4-2-11/h5H,1-4H2,(H2,7,8,9,10). The molecule has 0 spiro atoms. The largest absolute Gasteiger partial charge is 0.379 e. The predicted octanol–water partition coefficient (Wildman–Crippen LogP) is -1.21. The van der Waals surface area contributed by atoms with Crippen molar-refractivity contribution >= 4 is 16.2 Å². The van der Waals surface area contributed by atoms with Crippen LogP contribution < -0.4 is 4.72 Å². The Balaban J connectivity index is 2.05. The normalized spacial score (nSPS) is 18.9. The van der Waals surface area contributed by atoms with Crippen LogP contribution in [0, 0.1) is 0 Å². The van der Waals surface area contributed by atoms with Crippen LogP contribution in [-0.4, -0.2) is 54.2 Å². The Morgan fingerprint density at radius 2 is 2.20 bits per heavy atom. The molecule has 1 aromatic heterocycles. The van der Waals surface area contributed by atoms with Crippen molar-refractivity contribution in [3.05, 3.63) is 6.33 Å². The Morgan fingerprint density at radius 1 is 1.47 bits per heavy atom. The average molecular weight is 233 g/mol. The third-order valence-corrected chi connectivity index (χ3v) is 3.45. The summed E-state index contributed by atoms with van der Waals surface area (Å²) < 4.78 is 32.1. The zero-order valence-corrected chi connectivity index (χ0v) is 8.70. The zero-order chi connectivity index (χ0) is 10.7. The molecule has 2 heterocycles. The van der Waals surface area contributed by atoms with Crippen molar-refractivity contribution in [2.24, 2.45) is 0 Å². The second kappa shape index (κ2) is 4.13. The van der Waals surface area contributed by atoms with Gasteiger partial charge in [0.05, 0.1) is 13.2 Å². The number of H-pyrrole nitrogens is 1. The molecule has 0 atom stereocenters. The van der Waals surface area contributed by atoms with E-state index in [4.69, 9.17) is 4.74 Å². The van der Waals surface area contributed by atoms with Crippen LogP contribution >= 0.6 is 0 Å². The van der Waals surface area contributed by atoms with E-state index in [2.05, 4.69) is 19.9 Å². The first kappa shape index (κ1) is 10.3. The van der Waals surface area contributed by atoms with E-state index in [0.717, 1.165) is 0 Å². The fourth-order valence-corrected chi connectivity index (χ4v) is 2.33. The molecule has 0 amide bonds. The highest BCUT2D eigenvalue weighted by molar-refractivity contribution is 7.90. The van der Waals surface area contributed by atoms with Crippen molar-refractivity contribution in [1.29, 1.82) is 0 Å². The molecule has 0 unspecified atom stereocenters. The number of ether oxygens (including phenoxy) is 1. The van der Waals surface area contributed by atoms with E-state index in [1.807, 2.05) is 0 Å². The molecular formula is C6H11N5O3S. The summed E-state index contributed by atoms with van der Waals surface area (Å²) in [5.41, 5.74) is 0. The number of hydrogen-bond donors (Lipinski definition) is 2. The third-order valence-electron chi connectivity index (χ3n) is 1.95. The van der Waals surface area contributed by atoms with E-state index in [9.17, 15) is 8.42 Å². The van der Waals surface area contributed by atoms with Gasteiger partial charge in [0.15, 0.2) is 0 Å². The predicted molar refractivity (Wildman–Crippen MR) is 51.3 cm³/mol. The van der Waals surface area contributed by atoms with Crippen molar-refractivity contribution in [3.8, 4) is 0 Å². The summed E-state index contributed by atoms with van der Waals surface area (Å²) in [6.07, 6.45) is 1.23. The van der Waals surface area contributed by atoms with E-state index in [1.54, 1.807) is 0 Å². The number of nitrogens with zero attached hydrogens (tertiary/aromatic N) is 3. The Morgan fingerprint density at radius 3 is 2.80 bits per heavy atom. The van der Waals surface area contributed by atoms with Gasteiger partial charge in [-0.1, -0.05) is 0 Å². The topological polar surface area (TPSA) is 100 Å². The number of hydrogen-bond acceptors (Lipinski definition) is 5. The van der Waals surface area contributed by atoms with E-state index in [-0.39, 0.29) is 5.95 Å². The molecular weight excluding hydrogens is 222 g/mol. The van der Waals surface area contributed by atoms with Crippen molar-refractivity contribution in [2.45, 2.75) is 0 Å². The Labute approximate surface area is 86.8 Å². The lowest BCUT2D eigenvalue weighted by Gasteiger charge is -2.25. The Hall–Kier alpha value is -1.19. The van der Waals surface area contributed by atoms with Crippen LogP contribution in [0.1, 0.15) is 0 Å². The summed E-state index contributed by atoms with van der Waals surface area (Å²) in [6, 6.07) is 0. The molecule has 84 valence electrons. The van der Waals surface area contributed by atoms with Gasteiger partial charge in [-0.15, -0.1) is 0 Å². The van der Waals surface area contributed by atoms with Gasteiger partial charge in [0.25, 0.3) is 0 Å². The molecule has 2 N–H and O–H groups in total. The summed E-state index contributed by atoms with van der Waals surface area (Å²) in [5.74, 6) is 0.112. The molecule has 9 heteroatoms. The van der Waals surface area contributed by atoms with Crippen LogP contribution in [0.2, 0.25) is 0 Å². The maximum atomic E-state index is 11.7. The van der Waals surface area contributed by atoms with Crippen molar-refractivity contribution in [2.75, 3.05) is 31.0 Å². The lowest BCUT2D eigenvalue weighted by atomic mass is 10.5. The monoisotopic (exact) mass is 233 g/mol. The summed E-state index contributed by atoms with van der Waals surface area (Å²) in [6.45, 7) is 1.53. The van der Waals surface area contributed by atoms with E-state index in [1.165, 1.54) is 10.6 Å². The van der Waals surface area contributed by atoms with Gasteiger partial charge < -0.3 is 4.74 Å². The molecule has 1 aliphatic rings. The van der Waals surface area contributed by atoms with Gasteiger partial charge in [-0.25, -0.2) is 9.82 Å². The number of rotatable bonds is 3. The van der Waals surface area contributed by atoms with Crippen LogP contribution in [0.15, 0.2) is 6.33 Å².